The molecule has 0 spiro atoms. The van der Waals surface area contributed by atoms with Crippen LogP contribution in [-0.4, -0.2) is 28.9 Å². The third kappa shape index (κ3) is 23.8. The summed E-state index contributed by atoms with van der Waals surface area (Å²) < 4.78 is 5.07. The molecule has 0 aromatic rings. The lowest BCUT2D eigenvalue weighted by Crippen LogP contribution is -2.06. The molecule has 7 heteroatoms. The monoisotopic (exact) mass is 305 g/mol. The zero-order valence-corrected chi connectivity index (χ0v) is 12.8. The van der Waals surface area contributed by atoms with E-state index in [-0.39, 0.29) is 12.4 Å². The van der Waals surface area contributed by atoms with Crippen LogP contribution >= 0.6 is 0 Å². The smallest absolute Gasteiger partial charge is 0.305 e. The first-order valence-corrected chi connectivity index (χ1v) is 7.42. The first-order valence-electron chi connectivity index (χ1n) is 7.42. The molecule has 0 aromatic carbocycles. The Kier molecular flexibility index (Phi) is 18.9. The van der Waals surface area contributed by atoms with E-state index in [0.717, 1.165) is 12.8 Å². The normalized spacial score (nSPS) is 9.38. The van der Waals surface area contributed by atoms with Crippen LogP contribution in [0.3, 0.4) is 0 Å². The van der Waals surface area contributed by atoms with Gasteiger partial charge in [0.25, 0.3) is 0 Å². The van der Waals surface area contributed by atoms with Crippen molar-refractivity contribution in [1.29, 1.82) is 0 Å². The second-order valence-corrected chi connectivity index (χ2v) is 4.67. The number of rotatable bonds is 12. The van der Waals surface area contributed by atoms with Crippen molar-refractivity contribution < 1.29 is 24.6 Å². The summed E-state index contributed by atoms with van der Waals surface area (Å²) in [5.74, 6) is -1.01. The Bertz CT molecular complexity index is 270. The van der Waals surface area contributed by atoms with E-state index in [1.165, 1.54) is 31.0 Å². The second-order valence-electron chi connectivity index (χ2n) is 4.67. The molecule has 7 nitrogen and oxygen atoms in total. The quantitative estimate of drug-likeness (QED) is 0.246. The molecule has 124 valence electrons. The SMILES string of the molecule is CCCCCCCCOC(=O)CCCCC(=O)O.O=NO. The molecule has 0 aliphatic heterocycles. The molecule has 21 heavy (non-hydrogen) atoms. The van der Waals surface area contributed by atoms with Crippen LogP contribution in [0.5, 0.6) is 0 Å². The van der Waals surface area contributed by atoms with Crippen molar-refractivity contribution >= 4 is 11.9 Å². The molecule has 0 atom stereocenters. The number of aliphatic carboxylic acids is 1. The van der Waals surface area contributed by atoms with Crippen molar-refractivity contribution in [3.05, 3.63) is 4.91 Å². The fraction of sp³-hybridized carbons (Fsp3) is 0.857. The van der Waals surface area contributed by atoms with E-state index in [0.29, 0.717) is 25.9 Å². The fourth-order valence-corrected chi connectivity index (χ4v) is 1.69. The van der Waals surface area contributed by atoms with Gasteiger partial charge in [-0.05, 0) is 19.3 Å². The second kappa shape index (κ2) is 18.3. The number of hydrogen-bond acceptors (Lipinski definition) is 5. The first-order chi connectivity index (χ1) is 10.1. The number of carbonyl (C=O) groups excluding carboxylic acids is 1. The van der Waals surface area contributed by atoms with Gasteiger partial charge in [-0.3, -0.25) is 9.59 Å². The fourth-order valence-electron chi connectivity index (χ4n) is 1.69. The van der Waals surface area contributed by atoms with Crippen molar-refractivity contribution in [2.75, 3.05) is 6.61 Å². The van der Waals surface area contributed by atoms with Gasteiger partial charge in [-0.25, -0.2) is 0 Å². The summed E-state index contributed by atoms with van der Waals surface area (Å²) in [5, 5.41) is 16.3. The Morgan fingerprint density at radius 3 is 2.05 bits per heavy atom. The molecule has 0 radical (unpaired) electrons. The highest BCUT2D eigenvalue weighted by Gasteiger charge is 2.03. The van der Waals surface area contributed by atoms with Gasteiger partial charge in [-0.1, -0.05) is 39.0 Å². The Balaban J connectivity index is 0. The van der Waals surface area contributed by atoms with Gasteiger partial charge < -0.3 is 15.1 Å². The number of carboxylic acids is 1. The number of esters is 1. The number of nitrogens with zero attached hydrogens (tertiary/aromatic N) is 1. The Morgan fingerprint density at radius 1 is 0.952 bits per heavy atom. The van der Waals surface area contributed by atoms with Gasteiger partial charge in [0.15, 0.2) is 5.34 Å². The molecule has 0 unspecified atom stereocenters. The predicted octanol–water partition coefficient (Wildman–Crippen LogP) is 3.68. The zero-order valence-electron chi connectivity index (χ0n) is 12.8. The summed E-state index contributed by atoms with van der Waals surface area (Å²) in [7, 11) is 0. The molecule has 0 aromatic heterocycles. The van der Waals surface area contributed by atoms with Crippen LogP contribution in [0, 0.1) is 4.91 Å². The summed E-state index contributed by atoms with van der Waals surface area (Å²) >= 11 is 0. The largest absolute Gasteiger partial charge is 0.481 e. The minimum atomic E-state index is -0.810. The van der Waals surface area contributed by atoms with Crippen LogP contribution in [0.4, 0.5) is 0 Å². The number of carboxylic acid groups (broad SMARTS) is 1. The van der Waals surface area contributed by atoms with Crippen LogP contribution in [0.1, 0.15) is 71.1 Å². The summed E-state index contributed by atoms with van der Waals surface area (Å²) in [4.78, 5) is 29.6. The molecular weight excluding hydrogens is 278 g/mol. The zero-order chi connectivity index (χ0) is 16.3. The summed E-state index contributed by atoms with van der Waals surface area (Å²) in [6, 6.07) is 0. The molecular formula is C14H27NO6. The van der Waals surface area contributed by atoms with Gasteiger partial charge in [0.1, 0.15) is 0 Å². The standard InChI is InChI=1S/C14H26O4.HNO2/c1-2-3-4-5-6-9-12-18-14(17)11-8-7-10-13(15)16;2-1-3/h2-12H2,1H3,(H,15,16);(H,2,3). The molecule has 0 aliphatic rings. The minimum Gasteiger partial charge on any atom is -0.481 e. The van der Waals surface area contributed by atoms with Crippen LogP contribution in [0.2, 0.25) is 0 Å². The number of hydrogen-bond donors (Lipinski definition) is 2. The van der Waals surface area contributed by atoms with Gasteiger partial charge in [0, 0.05) is 12.8 Å². The topological polar surface area (TPSA) is 113 Å². The van der Waals surface area contributed by atoms with E-state index < -0.39 is 5.97 Å². The third-order valence-electron chi connectivity index (χ3n) is 2.78. The molecule has 0 aliphatic carbocycles. The van der Waals surface area contributed by atoms with Crippen molar-refractivity contribution in [2.45, 2.75) is 71.1 Å². The molecule has 0 saturated carbocycles. The van der Waals surface area contributed by atoms with Gasteiger partial charge in [0.05, 0.1) is 6.61 Å². The highest BCUT2D eigenvalue weighted by Crippen LogP contribution is 2.06. The number of unbranched alkanes of at least 4 members (excludes halogenated alkanes) is 6. The Morgan fingerprint density at radius 2 is 1.48 bits per heavy atom. The lowest BCUT2D eigenvalue weighted by atomic mass is 10.1. The number of carbonyl (C=O) groups is 2. The predicted molar refractivity (Wildman–Crippen MR) is 78.0 cm³/mol. The van der Waals surface area contributed by atoms with E-state index in [4.69, 9.17) is 20.0 Å². The van der Waals surface area contributed by atoms with E-state index in [1.54, 1.807) is 0 Å². The maximum Gasteiger partial charge on any atom is 0.305 e. The molecule has 0 fully saturated rings. The van der Waals surface area contributed by atoms with Crippen LogP contribution in [-0.2, 0) is 14.3 Å². The molecule has 0 saturated heterocycles. The maximum absolute atomic E-state index is 11.3. The summed E-state index contributed by atoms with van der Waals surface area (Å²) in [6.45, 7) is 2.69. The van der Waals surface area contributed by atoms with Gasteiger partial charge >= 0.3 is 11.9 Å². The molecule has 0 amide bonds. The number of ether oxygens (including phenoxy) is 1. The summed E-state index contributed by atoms with van der Waals surface area (Å²) in [5.41, 5.74) is 0. The first kappa shape index (κ1) is 21.6. The van der Waals surface area contributed by atoms with Gasteiger partial charge in [-0.2, -0.15) is 0 Å². The van der Waals surface area contributed by atoms with Crippen molar-refractivity contribution in [3.63, 3.8) is 0 Å². The summed E-state index contributed by atoms with van der Waals surface area (Å²) in [6.07, 6.45) is 8.66. The molecule has 0 rings (SSSR count). The van der Waals surface area contributed by atoms with E-state index in [2.05, 4.69) is 6.92 Å². The van der Waals surface area contributed by atoms with Crippen LogP contribution in [0.25, 0.3) is 0 Å². The maximum atomic E-state index is 11.3. The van der Waals surface area contributed by atoms with Crippen LogP contribution < -0.4 is 0 Å². The van der Waals surface area contributed by atoms with E-state index >= 15 is 0 Å². The van der Waals surface area contributed by atoms with Gasteiger partial charge in [0.2, 0.25) is 0 Å². The Hall–Kier alpha value is -1.66. The molecule has 2 N–H and O–H groups in total. The minimum absolute atomic E-state index is 0.130. The van der Waals surface area contributed by atoms with Crippen molar-refractivity contribution in [3.8, 4) is 0 Å². The van der Waals surface area contributed by atoms with E-state index in [9.17, 15) is 9.59 Å². The average molecular weight is 305 g/mol. The van der Waals surface area contributed by atoms with E-state index in [1.807, 2.05) is 0 Å². The Labute approximate surface area is 125 Å². The lowest BCUT2D eigenvalue weighted by Gasteiger charge is -2.04. The highest BCUT2D eigenvalue weighted by atomic mass is 16.6. The molecule has 0 bridgehead atoms. The highest BCUT2D eigenvalue weighted by molar-refractivity contribution is 5.69. The average Bonchev–Trinajstić information content (AvgIpc) is 2.43. The van der Waals surface area contributed by atoms with Crippen LogP contribution in [0.15, 0.2) is 5.34 Å². The van der Waals surface area contributed by atoms with Crippen molar-refractivity contribution in [2.24, 2.45) is 5.34 Å². The lowest BCUT2D eigenvalue weighted by molar-refractivity contribution is -0.144. The van der Waals surface area contributed by atoms with Gasteiger partial charge in [-0.15, -0.1) is 4.91 Å². The molecule has 0 heterocycles. The third-order valence-corrected chi connectivity index (χ3v) is 2.78. The van der Waals surface area contributed by atoms with Crippen molar-refractivity contribution in [1.82, 2.24) is 0 Å².